The van der Waals surface area contributed by atoms with Crippen molar-refractivity contribution in [2.24, 2.45) is 0 Å². The predicted octanol–water partition coefficient (Wildman–Crippen LogP) is 4.58. The van der Waals surface area contributed by atoms with Crippen LogP contribution in [0.1, 0.15) is 0 Å². The van der Waals surface area contributed by atoms with Crippen LogP contribution in [-0.4, -0.2) is 20.0 Å². The number of aromatic nitrogens is 4. The maximum Gasteiger partial charge on any atom is 0.292 e. The van der Waals surface area contributed by atoms with Crippen LogP contribution in [0.15, 0.2) is 77.7 Å². The highest BCUT2D eigenvalue weighted by molar-refractivity contribution is 6.30. The Morgan fingerprint density at radius 1 is 0.926 bits per heavy atom. The zero-order chi connectivity index (χ0) is 18.4. The number of nitrogens with one attached hydrogen (secondary N) is 1. The van der Waals surface area contributed by atoms with E-state index in [0.717, 1.165) is 22.0 Å². The Bertz CT molecular complexity index is 1370. The molecule has 0 fully saturated rings. The molecular formula is C21H13ClN4O. The summed E-state index contributed by atoms with van der Waals surface area (Å²) in [5, 5.41) is 14.8. The summed E-state index contributed by atoms with van der Waals surface area (Å²) in [5.41, 5.74) is 2.40. The molecule has 0 bridgehead atoms. The fraction of sp³-hybridized carbons (Fsp3) is 0. The number of benzene rings is 3. The molecule has 5 rings (SSSR count). The van der Waals surface area contributed by atoms with Gasteiger partial charge in [0.2, 0.25) is 0 Å². The van der Waals surface area contributed by atoms with Crippen LogP contribution in [0, 0.1) is 0 Å². The van der Waals surface area contributed by atoms with Crippen LogP contribution in [0.4, 0.5) is 0 Å². The molecule has 0 aliphatic heterocycles. The van der Waals surface area contributed by atoms with Crippen LogP contribution in [0.2, 0.25) is 5.02 Å². The lowest BCUT2D eigenvalue weighted by molar-refractivity contribution is 0.891. The summed E-state index contributed by atoms with van der Waals surface area (Å²) in [6, 6.07) is 21.5. The number of fused-ring (bicyclic) bond motifs is 2. The van der Waals surface area contributed by atoms with Gasteiger partial charge in [-0.3, -0.25) is 4.79 Å². The van der Waals surface area contributed by atoms with Gasteiger partial charge in [0.05, 0.1) is 11.1 Å². The van der Waals surface area contributed by atoms with Crippen LogP contribution < -0.4 is 5.56 Å². The smallest absolute Gasteiger partial charge is 0.265 e. The normalized spacial score (nSPS) is 11.3. The molecule has 5 nitrogen and oxygen atoms in total. The van der Waals surface area contributed by atoms with Crippen molar-refractivity contribution in [1.29, 1.82) is 0 Å². The maximum atomic E-state index is 12.3. The minimum atomic E-state index is -0.324. The molecule has 0 saturated carbocycles. The molecule has 1 N–H and O–H groups in total. The first-order valence-electron chi connectivity index (χ1n) is 8.42. The van der Waals surface area contributed by atoms with E-state index in [1.165, 1.54) is 0 Å². The summed E-state index contributed by atoms with van der Waals surface area (Å²) in [6.45, 7) is 0. The highest BCUT2D eigenvalue weighted by Crippen LogP contribution is 2.28. The summed E-state index contributed by atoms with van der Waals surface area (Å²) in [6.07, 6.45) is 1.81. The molecule has 6 heteroatoms. The molecule has 5 aromatic rings. The summed E-state index contributed by atoms with van der Waals surface area (Å²) < 4.78 is 1.65. The second kappa shape index (κ2) is 6.07. The highest BCUT2D eigenvalue weighted by Gasteiger charge is 2.14. The predicted molar refractivity (Wildman–Crippen MR) is 107 cm³/mol. The monoisotopic (exact) mass is 372 g/mol. The number of halogens is 1. The van der Waals surface area contributed by atoms with Gasteiger partial charge in [-0.25, -0.2) is 9.78 Å². The molecule has 0 aliphatic carbocycles. The van der Waals surface area contributed by atoms with Gasteiger partial charge < -0.3 is 0 Å². The van der Waals surface area contributed by atoms with Crippen molar-refractivity contribution in [3.8, 4) is 16.9 Å². The summed E-state index contributed by atoms with van der Waals surface area (Å²) in [7, 11) is 0. The van der Waals surface area contributed by atoms with Crippen molar-refractivity contribution < 1.29 is 0 Å². The molecule has 0 unspecified atom stereocenters. The number of H-pyrrole nitrogens is 1. The Morgan fingerprint density at radius 2 is 1.78 bits per heavy atom. The van der Waals surface area contributed by atoms with Gasteiger partial charge in [0, 0.05) is 16.8 Å². The second-order valence-corrected chi connectivity index (χ2v) is 6.72. The Morgan fingerprint density at radius 3 is 2.63 bits per heavy atom. The second-order valence-electron chi connectivity index (χ2n) is 6.28. The Labute approximate surface area is 158 Å². The molecule has 0 radical (unpaired) electrons. The zero-order valence-corrected chi connectivity index (χ0v) is 14.8. The van der Waals surface area contributed by atoms with E-state index in [2.05, 4.69) is 33.5 Å². The maximum absolute atomic E-state index is 12.3. The van der Waals surface area contributed by atoms with Crippen molar-refractivity contribution >= 4 is 33.3 Å². The van der Waals surface area contributed by atoms with E-state index in [4.69, 9.17) is 11.6 Å². The van der Waals surface area contributed by atoms with Gasteiger partial charge in [0.25, 0.3) is 5.56 Å². The molecule has 0 spiro atoms. The third kappa shape index (κ3) is 2.69. The Balaban J connectivity index is 1.75. The third-order valence-electron chi connectivity index (χ3n) is 4.55. The topological polar surface area (TPSA) is 63.6 Å². The molecule has 0 atom stereocenters. The van der Waals surface area contributed by atoms with Crippen LogP contribution in [-0.2, 0) is 0 Å². The van der Waals surface area contributed by atoms with Gasteiger partial charge in [0.1, 0.15) is 5.69 Å². The first kappa shape index (κ1) is 15.8. The molecule has 2 heterocycles. The lowest BCUT2D eigenvalue weighted by atomic mass is 10.0. The molecule has 0 aliphatic rings. The number of hydrogen-bond acceptors (Lipinski definition) is 3. The number of hydrogen-bond donors (Lipinski definition) is 1. The van der Waals surface area contributed by atoms with Crippen molar-refractivity contribution in [2.75, 3.05) is 0 Å². The van der Waals surface area contributed by atoms with E-state index in [1.54, 1.807) is 16.8 Å². The lowest BCUT2D eigenvalue weighted by Crippen LogP contribution is -2.09. The van der Waals surface area contributed by atoms with E-state index in [1.807, 2.05) is 42.6 Å². The van der Waals surface area contributed by atoms with Gasteiger partial charge in [-0.1, -0.05) is 54.1 Å². The Hall–Kier alpha value is -3.44. The van der Waals surface area contributed by atoms with Crippen molar-refractivity contribution in [1.82, 2.24) is 20.0 Å². The average Bonchev–Trinajstić information content (AvgIpc) is 3.14. The molecule has 27 heavy (non-hydrogen) atoms. The minimum Gasteiger partial charge on any atom is -0.265 e. The summed E-state index contributed by atoms with van der Waals surface area (Å²) in [5.74, 6) is 0. The van der Waals surface area contributed by atoms with E-state index in [0.29, 0.717) is 21.6 Å². The average molecular weight is 373 g/mol. The van der Waals surface area contributed by atoms with Crippen LogP contribution >= 0.6 is 11.6 Å². The largest absolute Gasteiger partial charge is 0.292 e. The van der Waals surface area contributed by atoms with Crippen LogP contribution in [0.5, 0.6) is 0 Å². The molecule has 0 amide bonds. The summed E-state index contributed by atoms with van der Waals surface area (Å²) >= 11 is 6.09. The molecule has 3 aromatic carbocycles. The highest BCUT2D eigenvalue weighted by atomic mass is 35.5. The van der Waals surface area contributed by atoms with Crippen LogP contribution in [0.25, 0.3) is 38.6 Å². The number of rotatable bonds is 2. The lowest BCUT2D eigenvalue weighted by Gasteiger charge is -2.04. The standard InChI is InChI=1S/C21H13ClN4O/c22-16-6-3-7-17(11-16)26-12-18-19(23-24-21(27)20(18)25-26)15-9-8-13-4-1-2-5-14(13)10-15/h1-12H,(H,24,27). The molecule has 0 saturated heterocycles. The molecule has 130 valence electrons. The zero-order valence-electron chi connectivity index (χ0n) is 14.1. The molecular weight excluding hydrogens is 360 g/mol. The van der Waals surface area contributed by atoms with Crippen molar-refractivity contribution in [3.05, 3.63) is 88.3 Å². The van der Waals surface area contributed by atoms with Gasteiger partial charge >= 0.3 is 0 Å². The van der Waals surface area contributed by atoms with Gasteiger partial charge in [-0.05, 0) is 35.0 Å². The van der Waals surface area contributed by atoms with Crippen molar-refractivity contribution in [3.63, 3.8) is 0 Å². The Kier molecular flexibility index (Phi) is 3.55. The fourth-order valence-electron chi connectivity index (χ4n) is 3.24. The van der Waals surface area contributed by atoms with Gasteiger partial charge in [-0.2, -0.15) is 10.2 Å². The molecule has 2 aromatic heterocycles. The van der Waals surface area contributed by atoms with E-state index in [9.17, 15) is 4.79 Å². The fourth-order valence-corrected chi connectivity index (χ4v) is 3.43. The SMILES string of the molecule is O=c1[nH]nc(-c2ccc3ccccc3c2)c2cn(-c3cccc(Cl)c3)nc12. The minimum absolute atomic E-state index is 0.324. The first-order chi connectivity index (χ1) is 13.2. The van der Waals surface area contributed by atoms with Crippen molar-refractivity contribution in [2.45, 2.75) is 0 Å². The van der Waals surface area contributed by atoms with E-state index >= 15 is 0 Å². The van der Waals surface area contributed by atoms with Crippen LogP contribution in [0.3, 0.4) is 0 Å². The number of nitrogens with zero attached hydrogens (tertiary/aromatic N) is 3. The van der Waals surface area contributed by atoms with Gasteiger partial charge in [-0.15, -0.1) is 0 Å². The third-order valence-corrected chi connectivity index (χ3v) is 4.78. The first-order valence-corrected chi connectivity index (χ1v) is 8.80. The summed E-state index contributed by atoms with van der Waals surface area (Å²) in [4.78, 5) is 12.3. The van der Waals surface area contributed by atoms with Gasteiger partial charge in [0.15, 0.2) is 5.52 Å². The number of aromatic amines is 1. The quantitative estimate of drug-likeness (QED) is 0.493. The van der Waals surface area contributed by atoms with E-state index in [-0.39, 0.29) is 5.56 Å². The van der Waals surface area contributed by atoms with E-state index < -0.39 is 0 Å².